The summed E-state index contributed by atoms with van der Waals surface area (Å²) in [5, 5.41) is 0. The zero-order valence-corrected chi connectivity index (χ0v) is 16.0. The third-order valence-corrected chi connectivity index (χ3v) is 4.96. The van der Waals surface area contributed by atoms with Crippen molar-refractivity contribution in [3.63, 3.8) is 0 Å². The molecule has 1 amide bonds. The summed E-state index contributed by atoms with van der Waals surface area (Å²) in [4.78, 5) is 17.3. The van der Waals surface area contributed by atoms with Crippen LogP contribution in [-0.2, 0) is 6.61 Å². The third kappa shape index (κ3) is 4.48. The molecule has 2 aromatic carbocycles. The van der Waals surface area contributed by atoms with Crippen LogP contribution in [-0.4, -0.2) is 17.1 Å². The second-order valence-electron chi connectivity index (χ2n) is 5.99. The third-order valence-electron chi connectivity index (χ3n) is 4.19. The molecule has 0 spiro atoms. The Hall–Kier alpha value is -2.83. The molecule has 5 nitrogen and oxygen atoms in total. The number of thioether (sulfide) groups is 1. The number of pyridine rings is 1. The number of hydrogen-bond acceptors (Lipinski definition) is 5. The van der Waals surface area contributed by atoms with E-state index in [1.807, 2.05) is 61.7 Å². The molecule has 1 heterocycles. The SMILES string of the molecule is CSc1ccccc1OCc1ccnc(-c2ccc(C(=O)NN)c(C)c2)c1. The molecular weight excluding hydrogens is 358 g/mol. The molecule has 0 aliphatic heterocycles. The van der Waals surface area contributed by atoms with Crippen LogP contribution in [0.2, 0.25) is 0 Å². The number of ether oxygens (including phenoxy) is 1. The van der Waals surface area contributed by atoms with Crippen LogP contribution in [0.3, 0.4) is 0 Å². The minimum Gasteiger partial charge on any atom is -0.488 e. The Balaban J connectivity index is 1.79. The summed E-state index contributed by atoms with van der Waals surface area (Å²) in [5.41, 5.74) is 6.34. The summed E-state index contributed by atoms with van der Waals surface area (Å²) in [6, 6.07) is 17.5. The van der Waals surface area contributed by atoms with Gasteiger partial charge < -0.3 is 4.74 Å². The topological polar surface area (TPSA) is 77.2 Å². The number of para-hydroxylation sites is 1. The number of carbonyl (C=O) groups is 1. The minimum absolute atomic E-state index is 0.304. The van der Waals surface area contributed by atoms with Gasteiger partial charge in [-0.3, -0.25) is 15.2 Å². The highest BCUT2D eigenvalue weighted by Crippen LogP contribution is 2.28. The van der Waals surface area contributed by atoms with Crippen LogP contribution in [0.1, 0.15) is 21.5 Å². The second kappa shape index (κ2) is 8.70. The highest BCUT2D eigenvalue weighted by atomic mass is 32.2. The summed E-state index contributed by atoms with van der Waals surface area (Å²) in [6.45, 7) is 2.33. The van der Waals surface area contributed by atoms with Crippen molar-refractivity contribution in [2.45, 2.75) is 18.4 Å². The fraction of sp³-hybridized carbons (Fsp3) is 0.143. The Kier molecular flexibility index (Phi) is 6.11. The number of carbonyl (C=O) groups excluding carboxylic acids is 1. The first-order valence-corrected chi connectivity index (χ1v) is 9.67. The average Bonchev–Trinajstić information content (AvgIpc) is 2.72. The summed E-state index contributed by atoms with van der Waals surface area (Å²) in [7, 11) is 0. The Morgan fingerprint density at radius 3 is 2.74 bits per heavy atom. The number of nitrogen functional groups attached to an aromatic ring is 1. The van der Waals surface area contributed by atoms with Gasteiger partial charge in [0.2, 0.25) is 0 Å². The number of aryl methyl sites for hydroxylation is 1. The molecule has 3 rings (SSSR count). The van der Waals surface area contributed by atoms with Crippen LogP contribution < -0.4 is 16.0 Å². The van der Waals surface area contributed by atoms with E-state index in [9.17, 15) is 4.79 Å². The first kappa shape index (κ1) is 18.9. The van der Waals surface area contributed by atoms with Crippen LogP contribution in [0.15, 0.2) is 65.7 Å². The molecule has 3 aromatic rings. The molecule has 27 heavy (non-hydrogen) atoms. The van der Waals surface area contributed by atoms with Crippen molar-refractivity contribution in [2.75, 3.05) is 6.26 Å². The Morgan fingerprint density at radius 2 is 2.00 bits per heavy atom. The summed E-state index contributed by atoms with van der Waals surface area (Å²) < 4.78 is 5.98. The lowest BCUT2D eigenvalue weighted by Gasteiger charge is -2.11. The maximum absolute atomic E-state index is 11.7. The lowest BCUT2D eigenvalue weighted by molar-refractivity contribution is 0.0953. The molecule has 6 heteroatoms. The Bertz CT molecular complexity index is 960. The van der Waals surface area contributed by atoms with Crippen molar-refractivity contribution in [1.82, 2.24) is 10.4 Å². The maximum Gasteiger partial charge on any atom is 0.265 e. The van der Waals surface area contributed by atoms with E-state index in [4.69, 9.17) is 10.6 Å². The zero-order valence-electron chi connectivity index (χ0n) is 15.2. The molecule has 0 unspecified atom stereocenters. The van der Waals surface area contributed by atoms with Crippen molar-refractivity contribution < 1.29 is 9.53 Å². The van der Waals surface area contributed by atoms with Crippen molar-refractivity contribution in [1.29, 1.82) is 0 Å². The number of nitrogens with one attached hydrogen (secondary N) is 1. The zero-order chi connectivity index (χ0) is 19.2. The number of nitrogens with two attached hydrogens (primary N) is 1. The molecule has 0 atom stereocenters. The normalized spacial score (nSPS) is 10.5. The second-order valence-corrected chi connectivity index (χ2v) is 6.84. The van der Waals surface area contributed by atoms with Crippen LogP contribution in [0, 0.1) is 6.92 Å². The van der Waals surface area contributed by atoms with E-state index in [-0.39, 0.29) is 5.91 Å². The Labute approximate surface area is 162 Å². The molecule has 138 valence electrons. The summed E-state index contributed by atoms with van der Waals surface area (Å²) in [6.07, 6.45) is 3.80. The standard InChI is InChI=1S/C21H21N3O2S/c1-14-11-16(7-8-17(14)21(25)24-22)18-12-15(9-10-23-18)13-26-19-5-3-4-6-20(19)27-2/h3-12H,13,22H2,1-2H3,(H,24,25). The van der Waals surface area contributed by atoms with Gasteiger partial charge in [-0.25, -0.2) is 5.84 Å². The predicted octanol–water partition coefficient (Wildman–Crippen LogP) is 3.96. The van der Waals surface area contributed by atoms with E-state index in [0.29, 0.717) is 12.2 Å². The van der Waals surface area contributed by atoms with Gasteiger partial charge in [-0.2, -0.15) is 0 Å². The number of aromatic nitrogens is 1. The van der Waals surface area contributed by atoms with Gasteiger partial charge in [0.1, 0.15) is 12.4 Å². The van der Waals surface area contributed by atoms with Crippen LogP contribution in [0.25, 0.3) is 11.3 Å². The summed E-state index contributed by atoms with van der Waals surface area (Å²) in [5.74, 6) is 5.78. The average molecular weight is 379 g/mol. The molecule has 0 aliphatic rings. The number of amides is 1. The molecule has 0 radical (unpaired) electrons. The smallest absolute Gasteiger partial charge is 0.265 e. The van der Waals surface area contributed by atoms with Crippen LogP contribution >= 0.6 is 11.8 Å². The first-order valence-electron chi connectivity index (χ1n) is 8.45. The first-order chi connectivity index (χ1) is 13.1. The minimum atomic E-state index is -0.304. The van der Waals surface area contributed by atoms with Gasteiger partial charge in [-0.05, 0) is 60.7 Å². The molecular formula is C21H21N3O2S. The van der Waals surface area contributed by atoms with Crippen molar-refractivity contribution in [3.8, 4) is 17.0 Å². The molecule has 0 aliphatic carbocycles. The van der Waals surface area contributed by atoms with E-state index < -0.39 is 0 Å². The monoisotopic (exact) mass is 379 g/mol. The molecule has 1 aromatic heterocycles. The lowest BCUT2D eigenvalue weighted by atomic mass is 10.0. The van der Waals surface area contributed by atoms with Gasteiger partial charge in [0.05, 0.1) is 5.69 Å². The molecule has 0 saturated carbocycles. The lowest BCUT2D eigenvalue weighted by Crippen LogP contribution is -2.30. The largest absolute Gasteiger partial charge is 0.488 e. The van der Waals surface area contributed by atoms with Gasteiger partial charge >= 0.3 is 0 Å². The van der Waals surface area contributed by atoms with Gasteiger partial charge in [0.25, 0.3) is 5.91 Å². The van der Waals surface area contributed by atoms with Crippen LogP contribution in [0.4, 0.5) is 0 Å². The Morgan fingerprint density at radius 1 is 1.19 bits per heavy atom. The van der Waals surface area contributed by atoms with Gasteiger partial charge in [-0.15, -0.1) is 11.8 Å². The number of nitrogens with zero attached hydrogens (tertiary/aromatic N) is 1. The highest BCUT2D eigenvalue weighted by Gasteiger charge is 2.10. The van der Waals surface area contributed by atoms with Crippen molar-refractivity contribution in [3.05, 3.63) is 77.5 Å². The van der Waals surface area contributed by atoms with E-state index in [1.54, 1.807) is 24.0 Å². The van der Waals surface area contributed by atoms with E-state index in [1.165, 1.54) is 0 Å². The van der Waals surface area contributed by atoms with Crippen molar-refractivity contribution >= 4 is 17.7 Å². The molecule has 0 saturated heterocycles. The molecule has 0 fully saturated rings. The molecule has 3 N–H and O–H groups in total. The summed E-state index contributed by atoms with van der Waals surface area (Å²) >= 11 is 1.66. The number of hydrogen-bond donors (Lipinski definition) is 2. The van der Waals surface area contributed by atoms with Gasteiger partial charge in [0, 0.05) is 22.2 Å². The van der Waals surface area contributed by atoms with E-state index in [0.717, 1.165) is 33.0 Å². The van der Waals surface area contributed by atoms with Crippen molar-refractivity contribution in [2.24, 2.45) is 5.84 Å². The number of benzene rings is 2. The van der Waals surface area contributed by atoms with Crippen LogP contribution in [0.5, 0.6) is 5.75 Å². The number of rotatable bonds is 6. The fourth-order valence-electron chi connectivity index (χ4n) is 2.78. The van der Waals surface area contributed by atoms with E-state index in [2.05, 4.69) is 10.4 Å². The van der Waals surface area contributed by atoms with Gasteiger partial charge in [0.15, 0.2) is 0 Å². The van der Waals surface area contributed by atoms with Gasteiger partial charge in [-0.1, -0.05) is 18.2 Å². The molecule has 0 bridgehead atoms. The number of hydrazine groups is 1. The quantitative estimate of drug-likeness (QED) is 0.293. The maximum atomic E-state index is 11.7. The highest BCUT2D eigenvalue weighted by molar-refractivity contribution is 7.98. The fourth-order valence-corrected chi connectivity index (χ4v) is 3.32. The predicted molar refractivity (Wildman–Crippen MR) is 109 cm³/mol. The van der Waals surface area contributed by atoms with E-state index >= 15 is 0 Å².